The van der Waals surface area contributed by atoms with Crippen LogP contribution < -0.4 is 10.4 Å². The Morgan fingerprint density at radius 2 is 1.90 bits per heavy atom. The highest BCUT2D eigenvalue weighted by molar-refractivity contribution is 5.83. The SMILES string of the molecule is C=CC(=O)OCOc1ccc2cc(-c3ccc(CCCCC)cc3CC)c(=O)oc2c1. The highest BCUT2D eigenvalue weighted by atomic mass is 16.7. The fraction of sp³-hybridized carbons (Fsp3) is 0.308. The van der Waals surface area contributed by atoms with Gasteiger partial charge in [-0.3, -0.25) is 0 Å². The summed E-state index contributed by atoms with van der Waals surface area (Å²) in [5.74, 6) is -0.133. The van der Waals surface area contributed by atoms with Crippen LogP contribution in [0.4, 0.5) is 0 Å². The predicted molar refractivity (Wildman–Crippen MR) is 122 cm³/mol. The lowest BCUT2D eigenvalue weighted by atomic mass is 9.94. The fourth-order valence-electron chi connectivity index (χ4n) is 3.52. The number of rotatable bonds is 10. The van der Waals surface area contributed by atoms with Gasteiger partial charge < -0.3 is 13.9 Å². The van der Waals surface area contributed by atoms with Crippen LogP contribution in [0.3, 0.4) is 0 Å². The Morgan fingerprint density at radius 3 is 2.65 bits per heavy atom. The average Bonchev–Trinajstić information content (AvgIpc) is 2.78. The van der Waals surface area contributed by atoms with Crippen LogP contribution in [0.2, 0.25) is 0 Å². The normalized spacial score (nSPS) is 10.8. The lowest BCUT2D eigenvalue weighted by Gasteiger charge is -2.11. The van der Waals surface area contributed by atoms with Crippen LogP contribution >= 0.6 is 0 Å². The zero-order valence-corrected chi connectivity index (χ0v) is 18.1. The molecule has 1 heterocycles. The van der Waals surface area contributed by atoms with Crippen LogP contribution in [-0.2, 0) is 22.4 Å². The van der Waals surface area contributed by atoms with E-state index in [9.17, 15) is 9.59 Å². The van der Waals surface area contributed by atoms with Crippen molar-refractivity contribution in [3.05, 3.63) is 76.7 Å². The van der Waals surface area contributed by atoms with E-state index < -0.39 is 11.6 Å². The summed E-state index contributed by atoms with van der Waals surface area (Å²) in [5, 5.41) is 0.791. The summed E-state index contributed by atoms with van der Waals surface area (Å²) in [6, 6.07) is 13.4. The topological polar surface area (TPSA) is 65.7 Å². The third kappa shape index (κ3) is 5.63. The van der Waals surface area contributed by atoms with Crippen molar-refractivity contribution in [2.75, 3.05) is 6.79 Å². The van der Waals surface area contributed by atoms with Gasteiger partial charge in [-0.1, -0.05) is 51.5 Å². The molecule has 1 aromatic heterocycles. The molecule has 0 unspecified atom stereocenters. The molecule has 0 saturated heterocycles. The number of hydrogen-bond acceptors (Lipinski definition) is 5. The van der Waals surface area contributed by atoms with Crippen LogP contribution in [0.1, 0.15) is 44.2 Å². The van der Waals surface area contributed by atoms with Gasteiger partial charge in [0.15, 0.2) is 0 Å². The molecule has 0 spiro atoms. The fourth-order valence-corrected chi connectivity index (χ4v) is 3.52. The number of esters is 1. The standard InChI is InChI=1S/C26H28O5/c1-4-7-8-9-18-10-13-22(19(5-2)14-18)23-15-20-11-12-21(16-24(20)31-26(23)28)29-17-30-25(27)6-3/h6,10-16H,3-5,7-9,17H2,1-2H3. The molecule has 2 aromatic carbocycles. The number of hydrogen-bond donors (Lipinski definition) is 0. The molecule has 0 saturated carbocycles. The number of unbranched alkanes of at least 4 members (excludes halogenated alkanes) is 2. The van der Waals surface area contributed by atoms with Crippen molar-refractivity contribution in [1.29, 1.82) is 0 Å². The summed E-state index contributed by atoms with van der Waals surface area (Å²) in [4.78, 5) is 23.9. The van der Waals surface area contributed by atoms with E-state index in [0.29, 0.717) is 16.9 Å². The molecule has 0 aliphatic carbocycles. The van der Waals surface area contributed by atoms with Crippen LogP contribution in [0.5, 0.6) is 5.75 Å². The molecule has 0 aliphatic rings. The van der Waals surface area contributed by atoms with E-state index in [1.165, 1.54) is 24.8 Å². The van der Waals surface area contributed by atoms with Gasteiger partial charge >= 0.3 is 11.6 Å². The van der Waals surface area contributed by atoms with Gasteiger partial charge in [0.05, 0.1) is 5.56 Å². The lowest BCUT2D eigenvalue weighted by Crippen LogP contribution is -2.08. The van der Waals surface area contributed by atoms with E-state index in [1.54, 1.807) is 12.1 Å². The van der Waals surface area contributed by atoms with Gasteiger partial charge in [0.1, 0.15) is 11.3 Å². The van der Waals surface area contributed by atoms with Crippen molar-refractivity contribution in [2.24, 2.45) is 0 Å². The van der Waals surface area contributed by atoms with Crippen molar-refractivity contribution >= 4 is 16.9 Å². The number of carbonyl (C=O) groups is 1. The number of ether oxygens (including phenoxy) is 2. The van der Waals surface area contributed by atoms with E-state index >= 15 is 0 Å². The zero-order valence-electron chi connectivity index (χ0n) is 18.1. The van der Waals surface area contributed by atoms with Crippen molar-refractivity contribution in [1.82, 2.24) is 0 Å². The molecule has 0 N–H and O–H groups in total. The van der Waals surface area contributed by atoms with Gasteiger partial charge in [0.2, 0.25) is 6.79 Å². The Balaban J connectivity index is 1.86. The van der Waals surface area contributed by atoms with Gasteiger partial charge in [-0.05, 0) is 54.2 Å². The van der Waals surface area contributed by atoms with Gasteiger partial charge in [-0.2, -0.15) is 0 Å². The van der Waals surface area contributed by atoms with Gasteiger partial charge in [-0.25, -0.2) is 9.59 Å². The second-order valence-electron chi connectivity index (χ2n) is 7.38. The largest absolute Gasteiger partial charge is 0.457 e. The summed E-state index contributed by atoms with van der Waals surface area (Å²) < 4.78 is 15.8. The number of benzene rings is 2. The monoisotopic (exact) mass is 420 g/mol. The number of aryl methyl sites for hydroxylation is 2. The molecular formula is C26H28O5. The van der Waals surface area contributed by atoms with Gasteiger partial charge in [0.25, 0.3) is 0 Å². The van der Waals surface area contributed by atoms with Crippen LogP contribution in [0.25, 0.3) is 22.1 Å². The molecule has 0 bridgehead atoms. The quantitative estimate of drug-likeness (QED) is 0.136. The van der Waals surface area contributed by atoms with Gasteiger partial charge in [-0.15, -0.1) is 0 Å². The number of carbonyl (C=O) groups excluding carboxylic acids is 1. The highest BCUT2D eigenvalue weighted by Gasteiger charge is 2.13. The molecule has 0 fully saturated rings. The molecule has 0 atom stereocenters. The molecule has 3 rings (SSSR count). The second kappa shape index (κ2) is 10.6. The summed E-state index contributed by atoms with van der Waals surface area (Å²) in [7, 11) is 0. The second-order valence-corrected chi connectivity index (χ2v) is 7.38. The predicted octanol–water partition coefficient (Wildman–Crippen LogP) is 5.82. The first-order valence-corrected chi connectivity index (χ1v) is 10.7. The summed E-state index contributed by atoms with van der Waals surface area (Å²) >= 11 is 0. The minimum Gasteiger partial charge on any atom is -0.457 e. The minimum absolute atomic E-state index is 0.247. The molecule has 162 valence electrons. The third-order valence-corrected chi connectivity index (χ3v) is 5.21. The van der Waals surface area contributed by atoms with Gasteiger partial charge in [0, 0.05) is 17.5 Å². The van der Waals surface area contributed by atoms with Crippen molar-refractivity contribution in [2.45, 2.75) is 46.0 Å². The first-order chi connectivity index (χ1) is 15.0. The Hall–Kier alpha value is -3.34. The third-order valence-electron chi connectivity index (χ3n) is 5.21. The lowest BCUT2D eigenvalue weighted by molar-refractivity contribution is -0.144. The Morgan fingerprint density at radius 1 is 1.06 bits per heavy atom. The molecule has 3 aromatic rings. The van der Waals surface area contributed by atoms with E-state index in [4.69, 9.17) is 13.9 Å². The maximum absolute atomic E-state index is 12.8. The smallest absolute Gasteiger partial charge is 0.344 e. The van der Waals surface area contributed by atoms with E-state index in [0.717, 1.165) is 35.4 Å². The van der Waals surface area contributed by atoms with Crippen LogP contribution in [0.15, 0.2) is 64.3 Å². The van der Waals surface area contributed by atoms with Crippen molar-refractivity contribution in [3.8, 4) is 16.9 Å². The van der Waals surface area contributed by atoms with Crippen LogP contribution in [0, 0.1) is 0 Å². The van der Waals surface area contributed by atoms with E-state index in [1.807, 2.05) is 18.2 Å². The van der Waals surface area contributed by atoms with E-state index in [2.05, 4.69) is 32.6 Å². The summed E-state index contributed by atoms with van der Waals surface area (Å²) in [6.45, 7) is 7.37. The summed E-state index contributed by atoms with van der Waals surface area (Å²) in [5.41, 5.74) is 3.93. The van der Waals surface area contributed by atoms with E-state index in [-0.39, 0.29) is 6.79 Å². The molecular weight excluding hydrogens is 392 g/mol. The maximum atomic E-state index is 12.8. The first-order valence-electron chi connectivity index (χ1n) is 10.7. The first kappa shape index (κ1) is 22.3. The Kier molecular flexibility index (Phi) is 7.65. The molecule has 31 heavy (non-hydrogen) atoms. The van der Waals surface area contributed by atoms with Crippen molar-refractivity contribution in [3.63, 3.8) is 0 Å². The van der Waals surface area contributed by atoms with Crippen molar-refractivity contribution < 1.29 is 18.7 Å². The highest BCUT2D eigenvalue weighted by Crippen LogP contribution is 2.28. The Bertz CT molecular complexity index is 1130. The molecule has 5 heteroatoms. The van der Waals surface area contributed by atoms with Crippen LogP contribution in [-0.4, -0.2) is 12.8 Å². The minimum atomic E-state index is -0.569. The zero-order chi connectivity index (χ0) is 22.2. The maximum Gasteiger partial charge on any atom is 0.344 e. The summed E-state index contributed by atoms with van der Waals surface area (Å²) in [6.07, 6.45) is 6.55. The molecule has 0 amide bonds. The molecule has 0 aliphatic heterocycles. The average molecular weight is 421 g/mol. The Labute approximate surface area is 182 Å². The molecule has 5 nitrogen and oxygen atoms in total. The molecule has 0 radical (unpaired) electrons. The number of fused-ring (bicyclic) bond motifs is 1.